The zero-order valence-electron chi connectivity index (χ0n) is 15.7. The van der Waals surface area contributed by atoms with Crippen LogP contribution < -0.4 is 14.8 Å². The van der Waals surface area contributed by atoms with E-state index in [0.29, 0.717) is 39.7 Å². The maximum absolute atomic E-state index is 14.2. The van der Waals surface area contributed by atoms with E-state index in [4.69, 9.17) is 14.7 Å². The molecule has 2 N–H and O–H groups in total. The molecule has 1 atom stereocenters. The topological polar surface area (TPSA) is 95.9 Å². The van der Waals surface area contributed by atoms with Crippen molar-refractivity contribution in [1.29, 1.82) is 5.26 Å². The van der Waals surface area contributed by atoms with Gasteiger partial charge in [0.05, 0.1) is 22.3 Å². The second-order valence-electron chi connectivity index (χ2n) is 6.80. The first kappa shape index (κ1) is 17.3. The lowest BCUT2D eigenvalue weighted by Gasteiger charge is -2.22. The van der Waals surface area contributed by atoms with Gasteiger partial charge in [0.15, 0.2) is 11.5 Å². The van der Waals surface area contributed by atoms with Crippen LogP contribution in [0.15, 0.2) is 30.3 Å². The maximum Gasteiger partial charge on any atom is 0.218 e. The number of fused-ring (bicyclic) bond motifs is 4. The van der Waals surface area contributed by atoms with Crippen LogP contribution in [0, 0.1) is 24.1 Å². The Hall–Kier alpha value is -3.86. The summed E-state index contributed by atoms with van der Waals surface area (Å²) in [6.45, 7) is 1.99. The van der Waals surface area contributed by atoms with Gasteiger partial charge in [0.25, 0.3) is 0 Å². The fourth-order valence-electron chi connectivity index (χ4n) is 3.66. The molecule has 0 bridgehead atoms. The number of ether oxygens (including phenoxy) is 2. The molecule has 0 spiro atoms. The fraction of sp³-hybridized carbons (Fsp3) is 0.190. The van der Waals surface area contributed by atoms with Crippen molar-refractivity contribution >= 4 is 27.6 Å². The second kappa shape index (κ2) is 6.34. The molecular weight excluding hydrogens is 373 g/mol. The van der Waals surface area contributed by atoms with Crippen LogP contribution in [0.25, 0.3) is 33.2 Å². The summed E-state index contributed by atoms with van der Waals surface area (Å²) in [7, 11) is 1.74. The summed E-state index contributed by atoms with van der Waals surface area (Å²) in [5, 5.41) is 13.5. The third kappa shape index (κ3) is 2.70. The molecule has 8 heteroatoms. The minimum atomic E-state index is -0.662. The number of rotatable bonds is 2. The minimum Gasteiger partial charge on any atom is -0.485 e. The van der Waals surface area contributed by atoms with Crippen molar-refractivity contribution < 1.29 is 13.9 Å². The van der Waals surface area contributed by atoms with Gasteiger partial charge in [-0.25, -0.2) is 14.4 Å². The molecule has 4 aromatic rings. The van der Waals surface area contributed by atoms with E-state index >= 15 is 0 Å². The normalized spacial score (nSPS) is 15.4. The van der Waals surface area contributed by atoms with Crippen molar-refractivity contribution in [2.75, 3.05) is 19.0 Å². The largest absolute Gasteiger partial charge is 0.485 e. The Morgan fingerprint density at radius 2 is 2.10 bits per heavy atom. The number of aromatic amines is 1. The van der Waals surface area contributed by atoms with E-state index in [9.17, 15) is 4.39 Å². The zero-order valence-corrected chi connectivity index (χ0v) is 15.7. The minimum absolute atomic E-state index is 0.189. The van der Waals surface area contributed by atoms with E-state index in [0.717, 1.165) is 16.5 Å². The third-order valence-electron chi connectivity index (χ3n) is 4.93. The van der Waals surface area contributed by atoms with Crippen LogP contribution in [0.2, 0.25) is 0 Å². The number of nitrogens with zero attached hydrogens (tertiary/aromatic N) is 3. The number of benzene rings is 2. The smallest absolute Gasteiger partial charge is 0.218 e. The highest BCUT2D eigenvalue weighted by Gasteiger charge is 2.23. The van der Waals surface area contributed by atoms with Crippen LogP contribution in [0.5, 0.6) is 11.5 Å². The number of nitrogens with one attached hydrogen (secondary N) is 2. The van der Waals surface area contributed by atoms with Crippen LogP contribution in [-0.2, 0) is 0 Å². The summed E-state index contributed by atoms with van der Waals surface area (Å²) in [6.07, 6.45) is -0.662. The second-order valence-corrected chi connectivity index (χ2v) is 6.80. The Morgan fingerprint density at radius 1 is 1.24 bits per heavy atom. The first-order chi connectivity index (χ1) is 14.1. The Labute approximate surface area is 165 Å². The Morgan fingerprint density at radius 3 is 2.90 bits per heavy atom. The highest BCUT2D eigenvalue weighted by Crippen LogP contribution is 2.40. The molecule has 1 aliphatic heterocycles. The first-order valence-electron chi connectivity index (χ1n) is 9.08. The summed E-state index contributed by atoms with van der Waals surface area (Å²) in [5.41, 5.74) is 3.43. The number of hydrogen-bond acceptors (Lipinski definition) is 6. The molecule has 0 radical (unpaired) electrons. The van der Waals surface area contributed by atoms with Crippen LogP contribution in [0.4, 0.5) is 10.1 Å². The Balaban J connectivity index is 1.78. The number of H-pyrrole nitrogens is 1. The van der Waals surface area contributed by atoms with Gasteiger partial charge in [-0.1, -0.05) is 0 Å². The molecule has 1 unspecified atom stereocenters. The Kier molecular flexibility index (Phi) is 3.77. The monoisotopic (exact) mass is 389 g/mol. The van der Waals surface area contributed by atoms with Gasteiger partial charge in [-0.2, -0.15) is 5.26 Å². The molecule has 2 aromatic carbocycles. The third-order valence-corrected chi connectivity index (χ3v) is 4.93. The van der Waals surface area contributed by atoms with Crippen molar-refractivity contribution in [3.05, 3.63) is 42.0 Å². The lowest BCUT2D eigenvalue weighted by Crippen LogP contribution is -2.27. The van der Waals surface area contributed by atoms with Gasteiger partial charge in [0.1, 0.15) is 30.0 Å². The van der Waals surface area contributed by atoms with E-state index in [1.807, 2.05) is 6.07 Å². The number of nitriles is 1. The van der Waals surface area contributed by atoms with Crippen molar-refractivity contribution in [1.82, 2.24) is 15.0 Å². The van der Waals surface area contributed by atoms with E-state index < -0.39 is 6.10 Å². The molecule has 5 rings (SSSR count). The average Bonchev–Trinajstić information content (AvgIpc) is 3.09. The van der Waals surface area contributed by atoms with E-state index in [1.54, 1.807) is 26.1 Å². The summed E-state index contributed by atoms with van der Waals surface area (Å²) in [6, 6.07) is 10.4. The van der Waals surface area contributed by atoms with Crippen molar-refractivity contribution in [2.24, 2.45) is 0 Å². The van der Waals surface area contributed by atoms with Crippen molar-refractivity contribution in [2.45, 2.75) is 13.0 Å². The molecular formula is C21H16FN5O2. The molecule has 0 saturated carbocycles. The fourth-order valence-corrected chi connectivity index (χ4v) is 3.66. The molecule has 2 aromatic heterocycles. The van der Waals surface area contributed by atoms with Gasteiger partial charge in [-0.3, -0.25) is 0 Å². The molecule has 7 nitrogen and oxygen atoms in total. The average molecular weight is 389 g/mol. The number of aromatic nitrogens is 3. The molecule has 144 valence electrons. The van der Waals surface area contributed by atoms with Gasteiger partial charge in [-0.15, -0.1) is 0 Å². The van der Waals surface area contributed by atoms with Crippen LogP contribution in [0.3, 0.4) is 0 Å². The predicted octanol–water partition coefficient (Wildman–Crippen LogP) is 3.93. The molecule has 0 amide bonds. The Bertz CT molecular complexity index is 1320. The summed E-state index contributed by atoms with van der Waals surface area (Å²) >= 11 is 0. The lowest BCUT2D eigenvalue weighted by atomic mass is 10.0. The van der Waals surface area contributed by atoms with Crippen LogP contribution in [-0.4, -0.2) is 34.7 Å². The standard InChI is InChI=1S/C21H16FN5O2/c1-10-25-19(11-3-4-16-17(5-11)29-13(8-23)9-28-16)18-14-6-12(22)7-15(24-2)20(14)27-21(18)26-10/h3-7,13,24H,9H2,1-2H3,(H,25,26,27). The molecule has 0 fully saturated rings. The molecule has 0 saturated heterocycles. The lowest BCUT2D eigenvalue weighted by molar-refractivity contribution is 0.127. The first-order valence-corrected chi connectivity index (χ1v) is 9.08. The van der Waals surface area contributed by atoms with Gasteiger partial charge < -0.3 is 19.8 Å². The van der Waals surface area contributed by atoms with Gasteiger partial charge in [0.2, 0.25) is 6.10 Å². The quantitative estimate of drug-likeness (QED) is 0.539. The summed E-state index contributed by atoms with van der Waals surface area (Å²) in [5.74, 6) is 1.28. The predicted molar refractivity (Wildman–Crippen MR) is 107 cm³/mol. The molecule has 29 heavy (non-hydrogen) atoms. The highest BCUT2D eigenvalue weighted by atomic mass is 19.1. The summed E-state index contributed by atoms with van der Waals surface area (Å²) in [4.78, 5) is 12.4. The van der Waals surface area contributed by atoms with Gasteiger partial charge >= 0.3 is 0 Å². The number of aryl methyl sites for hydroxylation is 1. The molecule has 3 heterocycles. The van der Waals surface area contributed by atoms with Crippen LogP contribution >= 0.6 is 0 Å². The van der Waals surface area contributed by atoms with E-state index in [1.165, 1.54) is 12.1 Å². The van der Waals surface area contributed by atoms with Gasteiger partial charge in [-0.05, 0) is 37.3 Å². The SMILES string of the molecule is CNc1cc(F)cc2c1[nH]c1nc(C)nc(-c3ccc4c(c3)OC(C#N)CO4)c12. The van der Waals surface area contributed by atoms with E-state index in [-0.39, 0.29) is 12.4 Å². The van der Waals surface area contributed by atoms with Crippen molar-refractivity contribution in [3.8, 4) is 28.8 Å². The van der Waals surface area contributed by atoms with Crippen LogP contribution in [0.1, 0.15) is 5.82 Å². The van der Waals surface area contributed by atoms with E-state index in [2.05, 4.69) is 26.3 Å². The molecule has 0 aliphatic carbocycles. The zero-order chi connectivity index (χ0) is 20.1. The summed E-state index contributed by atoms with van der Waals surface area (Å²) < 4.78 is 25.5. The number of hydrogen-bond donors (Lipinski definition) is 2. The maximum atomic E-state index is 14.2. The number of halogens is 1. The number of anilines is 1. The highest BCUT2D eigenvalue weighted by molar-refractivity contribution is 6.15. The van der Waals surface area contributed by atoms with Gasteiger partial charge in [0, 0.05) is 18.0 Å². The molecule has 1 aliphatic rings. The van der Waals surface area contributed by atoms with Crippen molar-refractivity contribution in [3.63, 3.8) is 0 Å².